The molecule has 1 N–H and O–H groups in total. The molecule has 0 spiro atoms. The fourth-order valence-electron chi connectivity index (χ4n) is 2.93. The number of ether oxygens (including phenoxy) is 3. The van der Waals surface area contributed by atoms with E-state index in [1.807, 2.05) is 0 Å². The molecular formula is C22H19NO8. The highest BCUT2D eigenvalue weighted by Gasteiger charge is 2.21. The predicted octanol–water partition coefficient (Wildman–Crippen LogP) is 4.41. The van der Waals surface area contributed by atoms with Crippen LogP contribution in [0.5, 0.6) is 17.2 Å². The van der Waals surface area contributed by atoms with Gasteiger partial charge < -0.3 is 14.2 Å². The third-order valence-corrected chi connectivity index (χ3v) is 4.54. The van der Waals surface area contributed by atoms with Crippen molar-refractivity contribution in [2.45, 2.75) is 6.10 Å². The number of carbonyl (C=O) groups excluding carboxylic acids is 1. The van der Waals surface area contributed by atoms with Crippen molar-refractivity contribution in [1.29, 1.82) is 0 Å². The van der Waals surface area contributed by atoms with Crippen LogP contribution in [0.15, 0.2) is 66.7 Å². The van der Waals surface area contributed by atoms with Crippen molar-refractivity contribution in [1.82, 2.24) is 0 Å². The van der Waals surface area contributed by atoms with Crippen LogP contribution in [0.1, 0.15) is 27.6 Å². The lowest BCUT2D eigenvalue weighted by Crippen LogP contribution is -2.10. The number of benzene rings is 3. The van der Waals surface area contributed by atoms with Crippen LogP contribution in [-0.4, -0.2) is 30.4 Å². The van der Waals surface area contributed by atoms with Gasteiger partial charge in [-0.15, -0.1) is 0 Å². The Labute approximate surface area is 177 Å². The lowest BCUT2D eigenvalue weighted by atomic mass is 9.99. The summed E-state index contributed by atoms with van der Waals surface area (Å²) in [4.78, 5) is 27.2. The predicted molar refractivity (Wildman–Crippen MR) is 110 cm³/mol. The van der Waals surface area contributed by atoms with E-state index in [1.165, 1.54) is 50.6 Å². The minimum atomic E-state index is -0.861. The normalized spacial score (nSPS) is 11.5. The number of hydrogen-bond acceptors (Lipinski definition) is 8. The standard InChI is InChI=1S/C22H19NO8/c1-28-18-11-12-19(20(13-18)29-2)21(31-27)14-3-5-15(6-4-14)22(24)30-17-9-7-16(8-10-17)23(25)26/h3-13,21,27H,1-2H3. The summed E-state index contributed by atoms with van der Waals surface area (Å²) in [6.07, 6.45) is -0.861. The van der Waals surface area contributed by atoms with E-state index < -0.39 is 17.0 Å². The zero-order chi connectivity index (χ0) is 22.4. The Balaban J connectivity index is 1.78. The molecule has 9 heteroatoms. The van der Waals surface area contributed by atoms with Crippen molar-refractivity contribution in [2.75, 3.05) is 14.2 Å². The highest BCUT2D eigenvalue weighted by atomic mass is 17.1. The molecule has 0 heterocycles. The Morgan fingerprint density at radius 3 is 2.13 bits per heavy atom. The molecule has 0 aliphatic rings. The van der Waals surface area contributed by atoms with Crippen LogP contribution in [0.3, 0.4) is 0 Å². The van der Waals surface area contributed by atoms with Crippen LogP contribution < -0.4 is 14.2 Å². The molecule has 0 radical (unpaired) electrons. The maximum Gasteiger partial charge on any atom is 0.343 e. The second-order valence-electron chi connectivity index (χ2n) is 6.36. The van der Waals surface area contributed by atoms with Gasteiger partial charge in [-0.05, 0) is 42.0 Å². The molecule has 0 bridgehead atoms. The van der Waals surface area contributed by atoms with E-state index in [1.54, 1.807) is 30.3 Å². The molecule has 3 aromatic carbocycles. The van der Waals surface area contributed by atoms with E-state index in [-0.39, 0.29) is 17.0 Å². The lowest BCUT2D eigenvalue weighted by Gasteiger charge is -2.18. The van der Waals surface area contributed by atoms with Crippen LogP contribution in [0.25, 0.3) is 0 Å². The van der Waals surface area contributed by atoms with Crippen LogP contribution in [0, 0.1) is 10.1 Å². The molecule has 3 aromatic rings. The zero-order valence-electron chi connectivity index (χ0n) is 16.7. The van der Waals surface area contributed by atoms with Gasteiger partial charge in [-0.2, -0.15) is 0 Å². The first kappa shape index (κ1) is 21.8. The molecular weight excluding hydrogens is 406 g/mol. The molecule has 9 nitrogen and oxygen atoms in total. The Bertz CT molecular complexity index is 1060. The monoisotopic (exact) mass is 425 g/mol. The molecule has 0 saturated carbocycles. The summed E-state index contributed by atoms with van der Waals surface area (Å²) in [7, 11) is 3.02. The SMILES string of the molecule is COc1ccc(C(OO)c2ccc(C(=O)Oc3ccc([N+](=O)[O-])cc3)cc2)c(OC)c1. The van der Waals surface area contributed by atoms with E-state index in [4.69, 9.17) is 14.2 Å². The van der Waals surface area contributed by atoms with E-state index in [2.05, 4.69) is 4.89 Å². The first-order valence-electron chi connectivity index (χ1n) is 9.05. The number of esters is 1. The minimum Gasteiger partial charge on any atom is -0.497 e. The topological polar surface area (TPSA) is 117 Å². The number of nitro groups is 1. The zero-order valence-corrected chi connectivity index (χ0v) is 16.7. The van der Waals surface area contributed by atoms with E-state index in [0.29, 0.717) is 22.6 Å². The van der Waals surface area contributed by atoms with Gasteiger partial charge in [0.2, 0.25) is 0 Å². The molecule has 1 unspecified atom stereocenters. The molecule has 0 fully saturated rings. The molecule has 1 atom stereocenters. The van der Waals surface area contributed by atoms with Crippen molar-refractivity contribution in [3.8, 4) is 17.2 Å². The van der Waals surface area contributed by atoms with Gasteiger partial charge >= 0.3 is 5.97 Å². The Hall–Kier alpha value is -3.95. The van der Waals surface area contributed by atoms with Crippen molar-refractivity contribution < 1.29 is 34.1 Å². The molecule has 0 aromatic heterocycles. The Morgan fingerprint density at radius 2 is 1.58 bits per heavy atom. The van der Waals surface area contributed by atoms with Gasteiger partial charge in [0.25, 0.3) is 5.69 Å². The number of methoxy groups -OCH3 is 2. The summed E-state index contributed by atoms with van der Waals surface area (Å²) in [5.74, 6) is 0.588. The number of nitrogens with zero attached hydrogens (tertiary/aromatic N) is 1. The second-order valence-corrected chi connectivity index (χ2v) is 6.36. The number of nitro benzene ring substituents is 1. The average Bonchev–Trinajstić information content (AvgIpc) is 2.80. The molecule has 31 heavy (non-hydrogen) atoms. The van der Waals surface area contributed by atoms with E-state index >= 15 is 0 Å². The summed E-state index contributed by atoms with van der Waals surface area (Å²) in [6.45, 7) is 0. The number of carbonyl (C=O) groups is 1. The Morgan fingerprint density at radius 1 is 0.935 bits per heavy atom. The average molecular weight is 425 g/mol. The van der Waals surface area contributed by atoms with Gasteiger partial charge in [-0.1, -0.05) is 12.1 Å². The summed E-state index contributed by atoms with van der Waals surface area (Å²) in [6, 6.07) is 16.5. The van der Waals surface area contributed by atoms with Gasteiger partial charge in [0.05, 0.1) is 24.7 Å². The van der Waals surface area contributed by atoms with Gasteiger partial charge in [0.15, 0.2) is 0 Å². The van der Waals surface area contributed by atoms with Gasteiger partial charge in [-0.25, -0.2) is 9.68 Å². The van der Waals surface area contributed by atoms with Crippen LogP contribution >= 0.6 is 0 Å². The molecule has 0 aliphatic heterocycles. The highest BCUT2D eigenvalue weighted by molar-refractivity contribution is 5.91. The minimum absolute atomic E-state index is 0.104. The van der Waals surface area contributed by atoms with Crippen LogP contribution in [-0.2, 0) is 4.89 Å². The summed E-state index contributed by atoms with van der Waals surface area (Å²) < 4.78 is 15.8. The molecule has 0 amide bonds. The van der Waals surface area contributed by atoms with E-state index in [0.717, 1.165) is 0 Å². The molecule has 160 valence electrons. The number of non-ortho nitro benzene ring substituents is 1. The highest BCUT2D eigenvalue weighted by Crippen LogP contribution is 2.35. The fourth-order valence-corrected chi connectivity index (χ4v) is 2.93. The van der Waals surface area contributed by atoms with Gasteiger partial charge in [0.1, 0.15) is 23.4 Å². The van der Waals surface area contributed by atoms with Crippen molar-refractivity contribution in [3.63, 3.8) is 0 Å². The van der Waals surface area contributed by atoms with E-state index in [9.17, 15) is 20.2 Å². The third-order valence-electron chi connectivity index (χ3n) is 4.54. The van der Waals surface area contributed by atoms with Gasteiger partial charge in [0, 0.05) is 23.8 Å². The number of rotatable bonds is 8. The quantitative estimate of drug-likeness (QED) is 0.185. The van der Waals surface area contributed by atoms with Crippen molar-refractivity contribution in [2.24, 2.45) is 0 Å². The van der Waals surface area contributed by atoms with Gasteiger partial charge in [-0.3, -0.25) is 15.4 Å². The number of hydrogen-bond donors (Lipinski definition) is 1. The van der Waals surface area contributed by atoms with Crippen LogP contribution in [0.2, 0.25) is 0 Å². The summed E-state index contributed by atoms with van der Waals surface area (Å²) in [5.41, 5.74) is 1.28. The Kier molecular flexibility index (Phi) is 6.81. The maximum absolute atomic E-state index is 12.4. The lowest BCUT2D eigenvalue weighted by molar-refractivity contribution is -0.384. The summed E-state index contributed by atoms with van der Waals surface area (Å²) >= 11 is 0. The fraction of sp³-hybridized carbons (Fsp3) is 0.136. The van der Waals surface area contributed by atoms with Crippen molar-refractivity contribution in [3.05, 3.63) is 93.5 Å². The van der Waals surface area contributed by atoms with Crippen LogP contribution in [0.4, 0.5) is 5.69 Å². The maximum atomic E-state index is 12.4. The molecule has 3 rings (SSSR count). The first-order valence-corrected chi connectivity index (χ1v) is 9.05. The third kappa shape index (κ3) is 4.97. The van der Waals surface area contributed by atoms with Crippen molar-refractivity contribution >= 4 is 11.7 Å². The largest absolute Gasteiger partial charge is 0.497 e. The second kappa shape index (κ2) is 9.70. The first-order chi connectivity index (χ1) is 15.0. The summed E-state index contributed by atoms with van der Waals surface area (Å²) in [5, 5.41) is 20.2. The molecule has 0 aliphatic carbocycles. The smallest absolute Gasteiger partial charge is 0.343 e. The molecule has 0 saturated heterocycles.